The number of carbonyl (C=O) groups excluding carboxylic acids is 1. The van der Waals surface area contributed by atoms with Crippen LogP contribution in [0.25, 0.3) is 0 Å². The highest BCUT2D eigenvalue weighted by molar-refractivity contribution is 9.10. The molecule has 1 aromatic heterocycles. The molecule has 1 aromatic carbocycles. The van der Waals surface area contributed by atoms with E-state index < -0.39 is 0 Å². The molecule has 3 rings (SSSR count). The number of halogens is 1. The van der Waals surface area contributed by atoms with Gasteiger partial charge in [0.15, 0.2) is 5.78 Å². The van der Waals surface area contributed by atoms with Crippen LogP contribution in [0.5, 0.6) is 0 Å². The second kappa shape index (κ2) is 5.47. The molecule has 0 aliphatic carbocycles. The minimum absolute atomic E-state index is 0.197. The van der Waals surface area contributed by atoms with Crippen LogP contribution >= 0.6 is 27.3 Å². The van der Waals surface area contributed by atoms with E-state index in [1.165, 1.54) is 11.3 Å². The zero-order valence-corrected chi connectivity index (χ0v) is 12.8. The molecular formula is C15H14BrNOS. The van der Waals surface area contributed by atoms with Crippen LogP contribution in [0.15, 0.2) is 34.1 Å². The summed E-state index contributed by atoms with van der Waals surface area (Å²) < 4.78 is 1.05. The zero-order valence-electron chi connectivity index (χ0n) is 10.4. The standard InChI is InChI=1S/C15H14BrNOS/c16-12-7-13(19-9-12)8-15(18)11-3-4-14-10(6-11)2-1-5-17-14/h3-4,6-7,9,17H,1-2,5,8H2. The molecule has 0 amide bonds. The molecule has 0 unspecified atom stereocenters. The van der Waals surface area contributed by atoms with Crippen LogP contribution in [0.4, 0.5) is 5.69 Å². The lowest BCUT2D eigenvalue weighted by Gasteiger charge is -2.18. The molecule has 1 N–H and O–H groups in total. The van der Waals surface area contributed by atoms with Crippen LogP contribution in [-0.4, -0.2) is 12.3 Å². The van der Waals surface area contributed by atoms with E-state index in [1.807, 2.05) is 29.6 Å². The highest BCUT2D eigenvalue weighted by Gasteiger charge is 2.13. The molecule has 1 aliphatic heterocycles. The third-order valence-electron chi connectivity index (χ3n) is 3.32. The van der Waals surface area contributed by atoms with Crippen molar-refractivity contribution in [1.82, 2.24) is 0 Å². The second-order valence-electron chi connectivity index (χ2n) is 4.73. The number of carbonyl (C=O) groups is 1. The van der Waals surface area contributed by atoms with E-state index in [4.69, 9.17) is 0 Å². The van der Waals surface area contributed by atoms with Gasteiger partial charge in [0.05, 0.1) is 0 Å². The Morgan fingerprint density at radius 2 is 2.26 bits per heavy atom. The van der Waals surface area contributed by atoms with Gasteiger partial charge in [-0.25, -0.2) is 0 Å². The van der Waals surface area contributed by atoms with E-state index in [9.17, 15) is 4.79 Å². The van der Waals surface area contributed by atoms with E-state index in [0.29, 0.717) is 6.42 Å². The van der Waals surface area contributed by atoms with Gasteiger partial charge >= 0.3 is 0 Å². The van der Waals surface area contributed by atoms with Crippen molar-refractivity contribution in [3.05, 3.63) is 50.1 Å². The van der Waals surface area contributed by atoms with Crippen LogP contribution in [0, 0.1) is 0 Å². The van der Waals surface area contributed by atoms with Gasteiger partial charge in [-0.1, -0.05) is 0 Å². The van der Waals surface area contributed by atoms with Gasteiger partial charge in [-0.05, 0) is 58.6 Å². The average molecular weight is 336 g/mol. The van der Waals surface area contributed by atoms with Gasteiger partial charge in [0.25, 0.3) is 0 Å². The number of nitrogens with one attached hydrogen (secondary N) is 1. The highest BCUT2D eigenvalue weighted by atomic mass is 79.9. The number of aryl methyl sites for hydroxylation is 1. The summed E-state index contributed by atoms with van der Waals surface area (Å²) >= 11 is 5.04. The molecule has 2 nitrogen and oxygen atoms in total. The number of benzene rings is 1. The molecule has 1 aliphatic rings. The lowest BCUT2D eigenvalue weighted by Crippen LogP contribution is -2.13. The van der Waals surface area contributed by atoms with Crippen molar-refractivity contribution in [2.45, 2.75) is 19.3 Å². The van der Waals surface area contributed by atoms with E-state index >= 15 is 0 Å². The normalized spacial score (nSPS) is 13.7. The topological polar surface area (TPSA) is 29.1 Å². The molecule has 98 valence electrons. The van der Waals surface area contributed by atoms with Gasteiger partial charge in [0.2, 0.25) is 0 Å². The van der Waals surface area contributed by atoms with E-state index in [1.54, 1.807) is 11.3 Å². The Morgan fingerprint density at radius 3 is 3.05 bits per heavy atom. The fourth-order valence-corrected chi connectivity index (χ4v) is 3.80. The third-order valence-corrected chi connectivity index (χ3v) is 5.02. The number of thiophene rings is 1. The highest BCUT2D eigenvalue weighted by Crippen LogP contribution is 2.25. The van der Waals surface area contributed by atoms with Gasteiger partial charge in [0, 0.05) is 38.9 Å². The Bertz CT molecular complexity index is 620. The molecule has 0 radical (unpaired) electrons. The number of anilines is 1. The average Bonchev–Trinajstić information content (AvgIpc) is 2.83. The van der Waals surface area contributed by atoms with Crippen molar-refractivity contribution in [1.29, 1.82) is 0 Å². The third kappa shape index (κ3) is 2.90. The molecule has 4 heteroatoms. The summed E-state index contributed by atoms with van der Waals surface area (Å²) in [5, 5.41) is 5.38. The van der Waals surface area contributed by atoms with Crippen molar-refractivity contribution < 1.29 is 4.79 Å². The molecule has 0 spiro atoms. The minimum Gasteiger partial charge on any atom is -0.385 e. The molecule has 0 bridgehead atoms. The minimum atomic E-state index is 0.197. The van der Waals surface area contributed by atoms with Crippen molar-refractivity contribution in [3.63, 3.8) is 0 Å². The number of hydrogen-bond acceptors (Lipinski definition) is 3. The summed E-state index contributed by atoms with van der Waals surface area (Å²) in [7, 11) is 0. The smallest absolute Gasteiger partial charge is 0.168 e. The predicted molar refractivity (Wildman–Crippen MR) is 83.3 cm³/mol. The van der Waals surface area contributed by atoms with Gasteiger partial charge in [-0.2, -0.15) is 0 Å². The number of ketones is 1. The Morgan fingerprint density at radius 1 is 1.37 bits per heavy atom. The van der Waals surface area contributed by atoms with Gasteiger partial charge in [0.1, 0.15) is 0 Å². The first-order chi connectivity index (χ1) is 9.22. The summed E-state index contributed by atoms with van der Waals surface area (Å²) in [5.74, 6) is 0.197. The Hall–Kier alpha value is -1.13. The molecule has 0 fully saturated rings. The van der Waals surface area contributed by atoms with Crippen molar-refractivity contribution in [2.75, 3.05) is 11.9 Å². The maximum absolute atomic E-state index is 12.3. The van der Waals surface area contributed by atoms with Crippen LogP contribution in [0.2, 0.25) is 0 Å². The van der Waals surface area contributed by atoms with Crippen LogP contribution < -0.4 is 5.32 Å². The number of fused-ring (bicyclic) bond motifs is 1. The molecule has 0 saturated carbocycles. The molecule has 2 aromatic rings. The largest absolute Gasteiger partial charge is 0.385 e. The summed E-state index contributed by atoms with van der Waals surface area (Å²) in [6, 6.07) is 8.03. The van der Waals surface area contributed by atoms with E-state index in [0.717, 1.165) is 34.3 Å². The quantitative estimate of drug-likeness (QED) is 0.847. The first-order valence-corrected chi connectivity index (χ1v) is 8.02. The Kier molecular flexibility index (Phi) is 3.71. The first-order valence-electron chi connectivity index (χ1n) is 6.35. The fourth-order valence-electron chi connectivity index (χ4n) is 2.36. The maximum atomic E-state index is 12.3. The monoisotopic (exact) mass is 335 g/mol. The zero-order chi connectivity index (χ0) is 13.2. The van der Waals surface area contributed by atoms with E-state index in [-0.39, 0.29) is 5.78 Å². The van der Waals surface area contributed by atoms with Crippen molar-refractivity contribution in [2.24, 2.45) is 0 Å². The van der Waals surface area contributed by atoms with Gasteiger partial charge in [-0.15, -0.1) is 11.3 Å². The molecule has 0 atom stereocenters. The van der Waals surface area contributed by atoms with Gasteiger partial charge < -0.3 is 5.32 Å². The predicted octanol–water partition coefficient (Wildman–Crippen LogP) is 4.29. The summed E-state index contributed by atoms with van der Waals surface area (Å²) in [6.45, 7) is 1.03. The molecular weight excluding hydrogens is 322 g/mol. The second-order valence-corrected chi connectivity index (χ2v) is 6.64. The van der Waals surface area contributed by atoms with Crippen LogP contribution in [0.1, 0.15) is 27.2 Å². The number of rotatable bonds is 3. The molecule has 0 saturated heterocycles. The summed E-state index contributed by atoms with van der Waals surface area (Å²) in [5.41, 5.74) is 3.28. The lowest BCUT2D eigenvalue weighted by atomic mass is 9.98. The lowest BCUT2D eigenvalue weighted by molar-refractivity contribution is 0.0993. The molecule has 2 heterocycles. The fraction of sp³-hybridized carbons (Fsp3) is 0.267. The Labute approximate surface area is 125 Å². The molecule has 19 heavy (non-hydrogen) atoms. The SMILES string of the molecule is O=C(Cc1cc(Br)cs1)c1ccc2c(c1)CCCN2. The number of hydrogen-bond donors (Lipinski definition) is 1. The van der Waals surface area contributed by atoms with E-state index in [2.05, 4.69) is 21.2 Å². The Balaban J connectivity index is 1.80. The summed E-state index contributed by atoms with van der Waals surface area (Å²) in [6.07, 6.45) is 2.69. The van der Waals surface area contributed by atoms with Crippen molar-refractivity contribution in [3.8, 4) is 0 Å². The maximum Gasteiger partial charge on any atom is 0.168 e. The summed E-state index contributed by atoms with van der Waals surface area (Å²) in [4.78, 5) is 13.4. The van der Waals surface area contributed by atoms with Crippen LogP contribution in [0.3, 0.4) is 0 Å². The van der Waals surface area contributed by atoms with Crippen LogP contribution in [-0.2, 0) is 12.8 Å². The first kappa shape index (κ1) is 12.9. The number of Topliss-reactive ketones (excluding diaryl/α,β-unsaturated/α-hetero) is 1. The van der Waals surface area contributed by atoms with Gasteiger partial charge in [-0.3, -0.25) is 4.79 Å². The van der Waals surface area contributed by atoms with Crippen molar-refractivity contribution >= 4 is 38.7 Å².